The quantitative estimate of drug-likeness (QED) is 0.0306. The predicted molar refractivity (Wildman–Crippen MR) is 406 cm³/mol. The molecule has 0 aromatic heterocycles. The van der Waals surface area contributed by atoms with Crippen molar-refractivity contribution in [2.24, 2.45) is 107 Å². The Balaban J connectivity index is 1.15. The van der Waals surface area contributed by atoms with Crippen LogP contribution in [0.25, 0.3) is 0 Å². The molecule has 576 valence electrons. The number of aliphatic imine (C=N–C) groups is 6. The second-order valence-electron chi connectivity index (χ2n) is 40.8. The van der Waals surface area contributed by atoms with Crippen molar-refractivity contribution < 1.29 is 43.0 Å². The van der Waals surface area contributed by atoms with Crippen molar-refractivity contribution >= 4 is 54.2 Å². The van der Waals surface area contributed by atoms with Crippen molar-refractivity contribution in [3.8, 4) is 0 Å². The van der Waals surface area contributed by atoms with Crippen LogP contribution in [0.4, 0.5) is 19.2 Å². The molecule has 0 aromatic carbocycles. The minimum Gasteiger partial charge on any atom is -0.450 e. The van der Waals surface area contributed by atoms with Gasteiger partial charge in [0.15, 0.2) is 0 Å². The highest BCUT2D eigenvalue weighted by Gasteiger charge is 2.60. The summed E-state index contributed by atoms with van der Waals surface area (Å²) in [6, 6.07) is 7.64. The Morgan fingerprint density at radius 2 is 0.608 bits per heavy atom. The number of hydrogen-bond donors (Lipinski definition) is 3. The van der Waals surface area contributed by atoms with Crippen LogP contribution < -0.4 is 16.0 Å². The lowest BCUT2D eigenvalue weighted by atomic mass is 9.57. The summed E-state index contributed by atoms with van der Waals surface area (Å²) >= 11 is 0. The molecule has 7 amide bonds. The Labute approximate surface area is 615 Å². The van der Waals surface area contributed by atoms with E-state index in [2.05, 4.69) is 179 Å². The van der Waals surface area contributed by atoms with Gasteiger partial charge in [-0.25, -0.2) is 49.1 Å². The summed E-state index contributed by atoms with van der Waals surface area (Å²) in [4.78, 5) is 119. The van der Waals surface area contributed by atoms with Crippen molar-refractivity contribution in [1.82, 2.24) is 25.8 Å². The first-order valence-electron chi connectivity index (χ1n) is 39.5. The number of nitrogens with zero attached hydrogens (tertiary/aromatic N) is 8. The highest BCUT2D eigenvalue weighted by molar-refractivity contribution is 6.16. The molecule has 0 spiro atoms. The van der Waals surface area contributed by atoms with Crippen LogP contribution in [-0.2, 0) is 23.8 Å². The summed E-state index contributed by atoms with van der Waals surface area (Å²) in [7, 11) is 0. The van der Waals surface area contributed by atoms with Crippen molar-refractivity contribution in [2.75, 3.05) is 59.1 Å². The molecular formula is C82H139N11O9. The van der Waals surface area contributed by atoms with Gasteiger partial charge < -0.3 is 30.2 Å². The molecule has 7 aliphatic rings. The van der Waals surface area contributed by atoms with Gasteiger partial charge in [0.05, 0.1) is 77.1 Å². The van der Waals surface area contributed by atoms with Crippen LogP contribution in [0.1, 0.15) is 299 Å². The number of carbonyl (C=O) groups is 6. The Morgan fingerprint density at radius 3 is 0.882 bits per heavy atom. The van der Waals surface area contributed by atoms with Crippen LogP contribution in [0.5, 0.6) is 0 Å². The maximum Gasteiger partial charge on any atom is 0.407 e. The van der Waals surface area contributed by atoms with Crippen LogP contribution >= 0.6 is 0 Å². The number of urea groups is 1. The number of ether oxygens (including phenoxy) is 3. The SMILES string of the molecule is CCCCOC(=O)NC1CC(C)(C)CC(C)(CN=C=NCC2(C)CC(C3C(=O)N(C4CC(C)(C)CC(C)(CN=C=NCC5(C)CC(NC(=O)OCCCC)CC(C)(C)C5)C4)C(=O)N(C4CC(C)(C)CC(C)(CN=C=NCC5(C)CC(NC(=O)OCCCC)CC(C)(C)C5)C4)C3=O)CC(C)(C)C2)C1. The van der Waals surface area contributed by atoms with Crippen molar-refractivity contribution in [1.29, 1.82) is 0 Å². The number of nitrogens with one attached hydrogen (secondary N) is 3. The van der Waals surface area contributed by atoms with Crippen molar-refractivity contribution in [3.05, 3.63) is 0 Å². The molecule has 1 saturated heterocycles. The molecule has 20 nitrogen and oxygen atoms in total. The summed E-state index contributed by atoms with van der Waals surface area (Å²) in [5, 5.41) is 9.44. The fourth-order valence-electron chi connectivity index (χ4n) is 22.2. The third-order valence-electron chi connectivity index (χ3n) is 23.6. The first-order chi connectivity index (χ1) is 47.3. The van der Waals surface area contributed by atoms with Crippen LogP contribution in [0.15, 0.2) is 30.0 Å². The Hall–Kier alpha value is -5.44. The van der Waals surface area contributed by atoms with Gasteiger partial charge in [-0.15, -0.1) is 0 Å². The van der Waals surface area contributed by atoms with Gasteiger partial charge in [-0.1, -0.05) is 165 Å². The number of rotatable bonds is 27. The molecule has 6 aliphatic carbocycles. The molecule has 1 aliphatic heterocycles. The molecule has 0 aromatic rings. The van der Waals surface area contributed by atoms with E-state index in [1.165, 1.54) is 0 Å². The summed E-state index contributed by atoms with van der Waals surface area (Å²) in [5.41, 5.74) is -2.91. The Morgan fingerprint density at radius 1 is 0.363 bits per heavy atom. The number of unbranched alkanes of at least 4 members (excludes halogenated alkanes) is 3. The van der Waals surface area contributed by atoms with Gasteiger partial charge in [0.25, 0.3) is 0 Å². The third-order valence-corrected chi connectivity index (χ3v) is 23.6. The molecule has 0 bridgehead atoms. The molecule has 102 heavy (non-hydrogen) atoms. The first-order valence-corrected chi connectivity index (χ1v) is 39.5. The van der Waals surface area contributed by atoms with E-state index >= 15 is 14.4 Å². The minimum atomic E-state index is -1.09. The summed E-state index contributed by atoms with van der Waals surface area (Å²) in [5.74, 6) is -2.28. The zero-order chi connectivity index (χ0) is 75.6. The maximum atomic E-state index is 16.1. The standard InChI is InChI=1S/C82H139N11O9/c1-22-25-28-100-67(96)89-59-33-72(6,7)44-78(17,36-59)50-84-55-83-49-77(16)32-58(31-71(4,5)43-77)64-65(94)92(62-39-75(12,13)47-81(20,41-62)53-87-56-85-51-79(18)37-60(34-73(8,9)45-79)90-68(97)101-29-26-23-2)70(99)93(66(64)95)63-40-76(14,15)48-82(21,42-63)54-88-57-86-52-80(19)38-61(35-74(10,11)46-80)91-69(98)102-30-27-24-3/h58-64H,22-54H2,1-21H3,(H,89,96)(H,90,97)(H,91,98). The second-order valence-corrected chi connectivity index (χ2v) is 40.8. The lowest BCUT2D eigenvalue weighted by Crippen LogP contribution is -2.68. The summed E-state index contributed by atoms with van der Waals surface area (Å²) in [6.45, 7) is 50.3. The highest BCUT2D eigenvalue weighted by atomic mass is 16.6. The van der Waals surface area contributed by atoms with Crippen molar-refractivity contribution in [2.45, 2.75) is 330 Å². The third kappa shape index (κ3) is 24.6. The van der Waals surface area contributed by atoms with Gasteiger partial charge in [0.2, 0.25) is 11.8 Å². The van der Waals surface area contributed by atoms with Gasteiger partial charge in [0, 0.05) is 30.2 Å². The van der Waals surface area contributed by atoms with Crippen LogP contribution in [0.2, 0.25) is 0 Å². The zero-order valence-corrected chi connectivity index (χ0v) is 67.6. The Bertz CT molecular complexity index is 2800. The number of imide groups is 2. The Kier molecular flexibility index (Phi) is 27.6. The molecule has 6 saturated carbocycles. The number of carbonyl (C=O) groups excluding carboxylic acids is 6. The number of barbiturate groups is 1. The van der Waals surface area contributed by atoms with E-state index in [4.69, 9.17) is 44.2 Å². The molecule has 1 heterocycles. The van der Waals surface area contributed by atoms with Gasteiger partial charge in [-0.05, 0) is 206 Å². The smallest absolute Gasteiger partial charge is 0.407 e. The van der Waals surface area contributed by atoms with Gasteiger partial charge in [-0.3, -0.25) is 19.4 Å². The van der Waals surface area contributed by atoms with Crippen LogP contribution in [-0.4, -0.2) is 153 Å². The minimum absolute atomic E-state index is 0.0245. The molecule has 7 rings (SSSR count). The van der Waals surface area contributed by atoms with E-state index in [0.717, 1.165) is 116 Å². The molecule has 12 atom stereocenters. The second kappa shape index (κ2) is 33.6. The number of hydrogen-bond acceptors (Lipinski definition) is 15. The largest absolute Gasteiger partial charge is 0.450 e. The van der Waals surface area contributed by atoms with Crippen LogP contribution in [0, 0.1) is 76.8 Å². The van der Waals surface area contributed by atoms with E-state index in [0.29, 0.717) is 97.6 Å². The summed E-state index contributed by atoms with van der Waals surface area (Å²) < 4.78 is 16.5. The molecular weight excluding hydrogens is 1280 g/mol. The highest BCUT2D eigenvalue weighted by Crippen LogP contribution is 2.56. The van der Waals surface area contributed by atoms with E-state index in [1.807, 2.05) is 0 Å². The molecule has 0 radical (unpaired) electrons. The average molecular weight is 1420 g/mol. The molecule has 12 unspecified atom stereocenters. The lowest BCUT2D eigenvalue weighted by Gasteiger charge is -2.55. The van der Waals surface area contributed by atoms with E-state index in [1.54, 1.807) is 9.80 Å². The van der Waals surface area contributed by atoms with Gasteiger partial charge >= 0.3 is 24.3 Å². The van der Waals surface area contributed by atoms with Gasteiger partial charge in [-0.2, -0.15) is 0 Å². The molecule has 7 fully saturated rings. The fourth-order valence-corrected chi connectivity index (χ4v) is 22.2. The molecule has 20 heteroatoms. The van der Waals surface area contributed by atoms with E-state index in [-0.39, 0.29) is 91.1 Å². The maximum absolute atomic E-state index is 16.1. The number of amides is 7. The average Bonchev–Trinajstić information content (AvgIpc) is 0.727. The van der Waals surface area contributed by atoms with Crippen molar-refractivity contribution in [3.63, 3.8) is 0 Å². The van der Waals surface area contributed by atoms with E-state index < -0.39 is 52.1 Å². The fraction of sp³-hybridized carbons (Fsp3) is 0.890. The predicted octanol–water partition coefficient (Wildman–Crippen LogP) is 18.3. The first kappa shape index (κ1) is 83.8. The number of alkyl carbamates (subject to hydrolysis) is 3. The monoisotopic (exact) mass is 1420 g/mol. The normalized spacial score (nSPS) is 34.4. The summed E-state index contributed by atoms with van der Waals surface area (Å²) in [6.07, 6.45) is 17.6. The zero-order valence-electron chi connectivity index (χ0n) is 67.6. The molecule has 3 N–H and O–H groups in total. The lowest BCUT2D eigenvalue weighted by molar-refractivity contribution is -0.160. The van der Waals surface area contributed by atoms with Crippen LogP contribution in [0.3, 0.4) is 0 Å². The topological polar surface area (TPSA) is 247 Å². The van der Waals surface area contributed by atoms with Gasteiger partial charge in [0.1, 0.15) is 5.92 Å². The van der Waals surface area contributed by atoms with E-state index in [9.17, 15) is 14.4 Å².